The highest BCUT2D eigenvalue weighted by molar-refractivity contribution is 7.92. The minimum absolute atomic E-state index is 0.0158. The monoisotopic (exact) mass is 475 g/mol. The number of nitrogens with one attached hydrogen (secondary N) is 2. The fourth-order valence-electron chi connectivity index (χ4n) is 4.22. The Balaban J connectivity index is 1.78. The van der Waals surface area contributed by atoms with Gasteiger partial charge in [0.2, 0.25) is 10.0 Å². The van der Waals surface area contributed by atoms with Crippen molar-refractivity contribution in [2.45, 2.75) is 39.7 Å². The van der Waals surface area contributed by atoms with E-state index in [1.165, 1.54) is 10.6 Å². The maximum absolute atomic E-state index is 14.0. The molecule has 11 heteroatoms. The maximum atomic E-state index is 14.0. The van der Waals surface area contributed by atoms with E-state index in [1.54, 1.807) is 24.8 Å². The summed E-state index contributed by atoms with van der Waals surface area (Å²) < 4.78 is 41.3. The van der Waals surface area contributed by atoms with Crippen molar-refractivity contribution < 1.29 is 17.6 Å². The number of sulfonamides is 1. The van der Waals surface area contributed by atoms with E-state index in [1.807, 2.05) is 0 Å². The lowest BCUT2D eigenvalue weighted by Crippen LogP contribution is -2.41. The molecule has 9 nitrogen and oxygen atoms in total. The fraction of sp³-hybridized carbons (Fsp3) is 0.409. The van der Waals surface area contributed by atoms with Crippen molar-refractivity contribution in [1.82, 2.24) is 19.5 Å². The molecule has 1 saturated heterocycles. The number of rotatable bonds is 4. The van der Waals surface area contributed by atoms with Crippen LogP contribution in [-0.4, -0.2) is 46.6 Å². The van der Waals surface area contributed by atoms with Gasteiger partial charge in [0.1, 0.15) is 5.82 Å². The molecule has 2 aromatic heterocycles. The van der Waals surface area contributed by atoms with E-state index in [9.17, 15) is 22.4 Å². The number of aromatic amines is 1. The van der Waals surface area contributed by atoms with Crippen LogP contribution >= 0.6 is 0 Å². The summed E-state index contributed by atoms with van der Waals surface area (Å²) in [6.45, 7) is 5.95. The predicted molar refractivity (Wildman–Crippen MR) is 122 cm³/mol. The number of amides is 1. The second-order valence-electron chi connectivity index (χ2n) is 8.74. The third kappa shape index (κ3) is 4.50. The van der Waals surface area contributed by atoms with Gasteiger partial charge in [-0.2, -0.15) is 0 Å². The topological polar surface area (TPSA) is 117 Å². The molecule has 176 valence electrons. The highest BCUT2D eigenvalue weighted by atomic mass is 32.2. The second kappa shape index (κ2) is 8.29. The summed E-state index contributed by atoms with van der Waals surface area (Å²) >= 11 is 0. The smallest absolute Gasteiger partial charge is 0.275 e. The average Bonchev–Trinajstić information content (AvgIpc) is 3.16. The van der Waals surface area contributed by atoms with Gasteiger partial charge in [0.05, 0.1) is 29.2 Å². The number of benzene rings is 1. The van der Waals surface area contributed by atoms with Crippen LogP contribution in [0.4, 0.5) is 10.1 Å². The lowest BCUT2D eigenvalue weighted by molar-refractivity contribution is 0.0552. The van der Waals surface area contributed by atoms with Crippen molar-refractivity contribution in [3.05, 3.63) is 63.0 Å². The van der Waals surface area contributed by atoms with E-state index in [2.05, 4.69) is 21.7 Å². The molecule has 4 rings (SSSR count). The van der Waals surface area contributed by atoms with Crippen LogP contribution in [0.25, 0.3) is 5.65 Å². The highest BCUT2D eigenvalue weighted by Gasteiger charge is 2.34. The van der Waals surface area contributed by atoms with E-state index in [0.717, 1.165) is 24.8 Å². The summed E-state index contributed by atoms with van der Waals surface area (Å²) in [6.07, 6.45) is 2.33. The zero-order chi connectivity index (χ0) is 24.1. The van der Waals surface area contributed by atoms with Gasteiger partial charge < -0.3 is 4.90 Å². The third-order valence-electron chi connectivity index (χ3n) is 6.10. The van der Waals surface area contributed by atoms with Crippen molar-refractivity contribution in [1.29, 1.82) is 0 Å². The van der Waals surface area contributed by atoms with Crippen molar-refractivity contribution >= 4 is 27.3 Å². The molecule has 1 fully saturated rings. The summed E-state index contributed by atoms with van der Waals surface area (Å²) in [6, 6.07) is 4.70. The van der Waals surface area contributed by atoms with Gasteiger partial charge in [0, 0.05) is 23.9 Å². The molecule has 2 unspecified atom stereocenters. The Kier molecular flexibility index (Phi) is 5.77. The molecule has 3 aromatic rings. The van der Waals surface area contributed by atoms with Gasteiger partial charge in [-0.05, 0) is 50.8 Å². The largest absolute Gasteiger partial charge is 0.330 e. The van der Waals surface area contributed by atoms with Gasteiger partial charge in [-0.1, -0.05) is 6.92 Å². The molecule has 0 radical (unpaired) electrons. The van der Waals surface area contributed by atoms with E-state index in [4.69, 9.17) is 0 Å². The third-order valence-corrected chi connectivity index (χ3v) is 6.69. The molecule has 1 aliphatic rings. The SMILES string of the molecule is Cc1nc2cc(C3CC(C)CCN3C(=O)c3cc(F)ccc3NS(C)(=O)=O)[nH]n2c(=O)c1C. The first-order valence-corrected chi connectivity index (χ1v) is 12.5. The summed E-state index contributed by atoms with van der Waals surface area (Å²) in [7, 11) is -3.68. The molecule has 1 aromatic carbocycles. The Morgan fingerprint density at radius 1 is 1.27 bits per heavy atom. The quantitative estimate of drug-likeness (QED) is 0.602. The van der Waals surface area contributed by atoms with Gasteiger partial charge in [0.15, 0.2) is 5.65 Å². The number of aromatic nitrogens is 3. The molecule has 1 amide bonds. The molecule has 3 heterocycles. The Labute approximate surface area is 190 Å². The summed E-state index contributed by atoms with van der Waals surface area (Å²) in [5, 5.41) is 3.08. The Bertz CT molecular complexity index is 1410. The lowest BCUT2D eigenvalue weighted by Gasteiger charge is -2.38. The number of likely N-dealkylation sites (tertiary alicyclic amines) is 1. The summed E-state index contributed by atoms with van der Waals surface area (Å²) in [5.41, 5.74) is 1.98. The molecule has 1 aliphatic heterocycles. The number of anilines is 1. The standard InChI is InChI=1S/C22H26FN5O4S/c1-12-7-8-27(22(30)16-10-15(23)5-6-17(16)26-33(4,31)32)19(9-12)18-11-20-24-14(3)13(2)21(29)28(20)25-18/h5-6,10-12,19,25-26H,7-9H2,1-4H3. The van der Waals surface area contributed by atoms with Gasteiger partial charge in [-0.15, -0.1) is 0 Å². The number of fused-ring (bicyclic) bond motifs is 1. The minimum atomic E-state index is -3.68. The molecular weight excluding hydrogens is 449 g/mol. The van der Waals surface area contributed by atoms with Gasteiger partial charge in [0.25, 0.3) is 11.5 Å². The first-order valence-electron chi connectivity index (χ1n) is 10.6. The van der Waals surface area contributed by atoms with Crippen LogP contribution in [0.1, 0.15) is 53.1 Å². The number of nitrogens with zero attached hydrogens (tertiary/aromatic N) is 3. The highest BCUT2D eigenvalue weighted by Crippen LogP contribution is 2.35. The molecule has 0 aliphatic carbocycles. The number of hydrogen-bond donors (Lipinski definition) is 2. The van der Waals surface area contributed by atoms with Crippen LogP contribution < -0.4 is 10.3 Å². The number of carbonyl (C=O) groups excluding carboxylic acids is 1. The molecule has 2 atom stereocenters. The molecular formula is C22H26FN5O4S. The van der Waals surface area contributed by atoms with Crippen LogP contribution in [0.2, 0.25) is 0 Å². The molecule has 0 spiro atoms. The number of halogens is 1. The predicted octanol–water partition coefficient (Wildman–Crippen LogP) is 2.76. The van der Waals surface area contributed by atoms with E-state index >= 15 is 0 Å². The number of carbonyl (C=O) groups is 1. The zero-order valence-corrected chi connectivity index (χ0v) is 19.7. The van der Waals surface area contributed by atoms with Crippen molar-refractivity contribution in [3.8, 4) is 0 Å². The van der Waals surface area contributed by atoms with Crippen molar-refractivity contribution in [3.63, 3.8) is 0 Å². The Morgan fingerprint density at radius 2 is 2.00 bits per heavy atom. The van der Waals surface area contributed by atoms with Crippen LogP contribution in [0, 0.1) is 25.6 Å². The average molecular weight is 476 g/mol. The van der Waals surface area contributed by atoms with Gasteiger partial charge >= 0.3 is 0 Å². The molecule has 0 bridgehead atoms. The van der Waals surface area contributed by atoms with Crippen LogP contribution in [-0.2, 0) is 10.0 Å². The first kappa shape index (κ1) is 23.0. The maximum Gasteiger partial charge on any atom is 0.275 e. The molecule has 2 N–H and O–H groups in total. The molecule has 33 heavy (non-hydrogen) atoms. The first-order chi connectivity index (χ1) is 15.4. The number of piperidine rings is 1. The van der Waals surface area contributed by atoms with E-state index in [-0.39, 0.29) is 16.8 Å². The summed E-state index contributed by atoms with van der Waals surface area (Å²) in [4.78, 5) is 32.3. The lowest BCUT2D eigenvalue weighted by atomic mass is 9.90. The van der Waals surface area contributed by atoms with Crippen molar-refractivity contribution in [2.24, 2.45) is 5.92 Å². The normalized spacial score (nSPS) is 19.1. The zero-order valence-electron chi connectivity index (χ0n) is 18.8. The molecule has 0 saturated carbocycles. The number of aryl methyl sites for hydroxylation is 1. The fourth-order valence-corrected chi connectivity index (χ4v) is 4.80. The van der Waals surface area contributed by atoms with Crippen LogP contribution in [0.15, 0.2) is 29.1 Å². The Morgan fingerprint density at radius 3 is 2.70 bits per heavy atom. The Hall–Kier alpha value is -3.21. The summed E-state index contributed by atoms with van der Waals surface area (Å²) in [5.74, 6) is -0.838. The van der Waals surface area contributed by atoms with Crippen LogP contribution in [0.3, 0.4) is 0 Å². The van der Waals surface area contributed by atoms with Gasteiger partial charge in [-0.3, -0.25) is 19.4 Å². The van der Waals surface area contributed by atoms with E-state index in [0.29, 0.717) is 41.5 Å². The number of H-pyrrole nitrogens is 1. The number of hydrogen-bond acceptors (Lipinski definition) is 5. The van der Waals surface area contributed by atoms with Crippen molar-refractivity contribution in [2.75, 3.05) is 17.5 Å². The van der Waals surface area contributed by atoms with E-state index < -0.39 is 27.8 Å². The van der Waals surface area contributed by atoms with Gasteiger partial charge in [-0.25, -0.2) is 22.3 Å². The second-order valence-corrected chi connectivity index (χ2v) is 10.5. The minimum Gasteiger partial charge on any atom is -0.330 e. The van der Waals surface area contributed by atoms with Crippen LogP contribution in [0.5, 0.6) is 0 Å².